The molecular formula is C15H12BrClO2. The summed E-state index contributed by atoms with van der Waals surface area (Å²) in [5.74, 6) is 0.611. The van der Waals surface area contributed by atoms with Crippen molar-refractivity contribution in [3.63, 3.8) is 0 Å². The number of ether oxygens (including phenoxy) is 1. The summed E-state index contributed by atoms with van der Waals surface area (Å²) in [7, 11) is 0. The third-order valence-electron chi connectivity index (χ3n) is 2.67. The number of carbonyl (C=O) groups excluding carboxylic acids is 1. The Kier molecular flexibility index (Phi) is 4.61. The summed E-state index contributed by atoms with van der Waals surface area (Å²) in [6.07, 6.45) is 0. The zero-order valence-corrected chi connectivity index (χ0v) is 12.7. The second kappa shape index (κ2) is 6.22. The molecule has 2 rings (SSSR count). The van der Waals surface area contributed by atoms with Crippen LogP contribution in [0.15, 0.2) is 46.9 Å². The highest BCUT2D eigenvalue weighted by Crippen LogP contribution is 2.21. The summed E-state index contributed by atoms with van der Waals surface area (Å²) in [6.45, 7) is 1.99. The highest BCUT2D eigenvalue weighted by molar-refractivity contribution is 9.10. The van der Waals surface area contributed by atoms with E-state index in [1.165, 1.54) is 0 Å². The predicted octanol–water partition coefficient (Wildman–Crippen LogP) is 4.67. The van der Waals surface area contributed by atoms with Gasteiger partial charge in [0.05, 0.1) is 0 Å². The van der Waals surface area contributed by atoms with E-state index in [-0.39, 0.29) is 12.4 Å². The second-order valence-electron chi connectivity index (χ2n) is 4.13. The summed E-state index contributed by atoms with van der Waals surface area (Å²) in [5, 5.41) is 0.612. The Labute approximate surface area is 125 Å². The van der Waals surface area contributed by atoms with E-state index < -0.39 is 0 Å². The molecule has 0 aromatic heterocycles. The maximum atomic E-state index is 11.9. The van der Waals surface area contributed by atoms with Crippen molar-refractivity contribution in [3.8, 4) is 5.75 Å². The molecule has 0 amide bonds. The van der Waals surface area contributed by atoms with Crippen LogP contribution in [0.1, 0.15) is 15.9 Å². The van der Waals surface area contributed by atoms with Crippen LogP contribution in [-0.2, 0) is 0 Å². The normalized spacial score (nSPS) is 10.3. The van der Waals surface area contributed by atoms with Gasteiger partial charge >= 0.3 is 0 Å². The second-order valence-corrected chi connectivity index (χ2v) is 5.42. The fraction of sp³-hybridized carbons (Fsp3) is 0.133. The van der Waals surface area contributed by atoms with Crippen molar-refractivity contribution in [2.75, 3.05) is 6.61 Å². The van der Waals surface area contributed by atoms with Gasteiger partial charge in [0.1, 0.15) is 5.75 Å². The first-order chi connectivity index (χ1) is 9.06. The highest BCUT2D eigenvalue weighted by atomic mass is 79.9. The van der Waals surface area contributed by atoms with Gasteiger partial charge in [-0.1, -0.05) is 27.5 Å². The summed E-state index contributed by atoms with van der Waals surface area (Å²) in [6, 6.07) is 12.4. The van der Waals surface area contributed by atoms with Crippen molar-refractivity contribution in [1.82, 2.24) is 0 Å². The lowest BCUT2D eigenvalue weighted by atomic mass is 10.1. The number of benzene rings is 2. The summed E-state index contributed by atoms with van der Waals surface area (Å²) < 4.78 is 6.50. The first-order valence-electron chi connectivity index (χ1n) is 5.74. The largest absolute Gasteiger partial charge is 0.485 e. The van der Waals surface area contributed by atoms with Crippen molar-refractivity contribution < 1.29 is 9.53 Å². The molecule has 0 unspecified atom stereocenters. The third kappa shape index (κ3) is 3.82. The Morgan fingerprint density at radius 2 is 1.89 bits per heavy atom. The van der Waals surface area contributed by atoms with E-state index in [2.05, 4.69) is 15.9 Å². The van der Waals surface area contributed by atoms with Gasteiger partial charge in [-0.2, -0.15) is 0 Å². The molecule has 0 fully saturated rings. The van der Waals surface area contributed by atoms with Crippen LogP contribution < -0.4 is 4.74 Å². The Balaban J connectivity index is 2.00. The van der Waals surface area contributed by atoms with Gasteiger partial charge in [0.2, 0.25) is 0 Å². The molecule has 0 aliphatic heterocycles. The number of ketones is 1. The molecular weight excluding hydrogens is 328 g/mol. The molecule has 0 atom stereocenters. The first kappa shape index (κ1) is 14.1. The summed E-state index contributed by atoms with van der Waals surface area (Å²) >= 11 is 9.19. The lowest BCUT2D eigenvalue weighted by Gasteiger charge is -2.07. The van der Waals surface area contributed by atoms with Gasteiger partial charge in [-0.05, 0) is 55.0 Å². The number of hydrogen-bond donors (Lipinski definition) is 0. The Bertz CT molecular complexity index is 594. The Morgan fingerprint density at radius 1 is 1.21 bits per heavy atom. The SMILES string of the molecule is Cc1cc(OCC(=O)c2ccc(Cl)cc2)ccc1Br. The van der Waals surface area contributed by atoms with Crippen LogP contribution in [0.3, 0.4) is 0 Å². The fourth-order valence-corrected chi connectivity index (χ4v) is 1.95. The van der Waals surface area contributed by atoms with Gasteiger partial charge in [-0.25, -0.2) is 0 Å². The van der Waals surface area contributed by atoms with E-state index in [4.69, 9.17) is 16.3 Å². The number of halogens is 2. The molecule has 0 aliphatic carbocycles. The molecule has 0 radical (unpaired) electrons. The van der Waals surface area contributed by atoms with Crippen LogP contribution in [0.25, 0.3) is 0 Å². The van der Waals surface area contributed by atoms with Crippen LogP contribution in [0.4, 0.5) is 0 Å². The molecule has 0 spiro atoms. The summed E-state index contributed by atoms with van der Waals surface area (Å²) in [4.78, 5) is 11.9. The average Bonchev–Trinajstić information content (AvgIpc) is 2.40. The molecule has 0 heterocycles. The number of Topliss-reactive ketones (excluding diaryl/α,β-unsaturated/α-hetero) is 1. The molecule has 0 bridgehead atoms. The van der Waals surface area contributed by atoms with Crippen molar-refractivity contribution in [3.05, 3.63) is 63.1 Å². The number of aryl methyl sites for hydroxylation is 1. The monoisotopic (exact) mass is 338 g/mol. The molecule has 0 saturated heterocycles. The molecule has 2 nitrogen and oxygen atoms in total. The van der Waals surface area contributed by atoms with E-state index in [0.29, 0.717) is 16.3 Å². The van der Waals surface area contributed by atoms with Crippen LogP contribution in [0, 0.1) is 6.92 Å². The first-order valence-corrected chi connectivity index (χ1v) is 6.91. The Hall–Kier alpha value is -1.32. The molecule has 0 aliphatic rings. The van der Waals surface area contributed by atoms with E-state index >= 15 is 0 Å². The lowest BCUT2D eigenvalue weighted by molar-refractivity contribution is 0.0921. The van der Waals surface area contributed by atoms with E-state index in [1.807, 2.05) is 25.1 Å². The minimum absolute atomic E-state index is 0.0166. The molecule has 2 aromatic rings. The van der Waals surface area contributed by atoms with Gasteiger partial charge in [-0.3, -0.25) is 4.79 Å². The van der Waals surface area contributed by atoms with E-state index in [9.17, 15) is 4.79 Å². The molecule has 98 valence electrons. The number of hydrogen-bond acceptors (Lipinski definition) is 2. The minimum atomic E-state index is -0.0720. The number of carbonyl (C=O) groups is 1. The van der Waals surface area contributed by atoms with Crippen molar-refractivity contribution in [2.45, 2.75) is 6.92 Å². The standard InChI is InChI=1S/C15H12BrClO2/c1-10-8-13(6-7-14(10)16)19-9-15(18)11-2-4-12(17)5-3-11/h2-8H,9H2,1H3. The molecule has 2 aromatic carbocycles. The quantitative estimate of drug-likeness (QED) is 0.757. The molecule has 0 saturated carbocycles. The van der Waals surface area contributed by atoms with Crippen LogP contribution in [0.2, 0.25) is 5.02 Å². The topological polar surface area (TPSA) is 26.3 Å². The molecule has 19 heavy (non-hydrogen) atoms. The minimum Gasteiger partial charge on any atom is -0.485 e. The van der Waals surface area contributed by atoms with Gasteiger partial charge in [0, 0.05) is 15.1 Å². The van der Waals surface area contributed by atoms with Gasteiger partial charge < -0.3 is 4.74 Å². The van der Waals surface area contributed by atoms with Gasteiger partial charge in [0.15, 0.2) is 12.4 Å². The maximum Gasteiger partial charge on any atom is 0.200 e. The maximum absolute atomic E-state index is 11.9. The average molecular weight is 340 g/mol. The predicted molar refractivity (Wildman–Crippen MR) is 80.2 cm³/mol. The van der Waals surface area contributed by atoms with E-state index in [0.717, 1.165) is 10.0 Å². The summed E-state index contributed by atoms with van der Waals surface area (Å²) in [5.41, 5.74) is 1.66. The molecule has 4 heteroatoms. The van der Waals surface area contributed by atoms with Crippen LogP contribution in [-0.4, -0.2) is 12.4 Å². The lowest BCUT2D eigenvalue weighted by Crippen LogP contribution is -2.11. The zero-order valence-electron chi connectivity index (χ0n) is 10.3. The smallest absolute Gasteiger partial charge is 0.200 e. The number of rotatable bonds is 4. The van der Waals surface area contributed by atoms with Crippen molar-refractivity contribution in [1.29, 1.82) is 0 Å². The fourth-order valence-electron chi connectivity index (χ4n) is 1.57. The van der Waals surface area contributed by atoms with Crippen LogP contribution in [0.5, 0.6) is 5.75 Å². The van der Waals surface area contributed by atoms with Crippen molar-refractivity contribution in [2.24, 2.45) is 0 Å². The van der Waals surface area contributed by atoms with Gasteiger partial charge in [-0.15, -0.1) is 0 Å². The van der Waals surface area contributed by atoms with Crippen LogP contribution >= 0.6 is 27.5 Å². The van der Waals surface area contributed by atoms with Gasteiger partial charge in [0.25, 0.3) is 0 Å². The van der Waals surface area contributed by atoms with Crippen molar-refractivity contribution >= 4 is 33.3 Å². The highest BCUT2D eigenvalue weighted by Gasteiger charge is 2.07. The van der Waals surface area contributed by atoms with E-state index in [1.54, 1.807) is 24.3 Å². The molecule has 0 N–H and O–H groups in total. The Morgan fingerprint density at radius 3 is 2.53 bits per heavy atom. The zero-order chi connectivity index (χ0) is 13.8. The third-order valence-corrected chi connectivity index (χ3v) is 3.81.